The molecular formula is C17H29N3O. The van der Waals surface area contributed by atoms with Crippen molar-refractivity contribution in [2.24, 2.45) is 5.73 Å². The summed E-state index contributed by atoms with van der Waals surface area (Å²) >= 11 is 0. The molecule has 0 aliphatic carbocycles. The number of hydrogen-bond acceptors (Lipinski definition) is 4. The minimum atomic E-state index is -0.467. The molecule has 3 atom stereocenters. The molecule has 1 aliphatic rings. The average molecular weight is 291 g/mol. The molecule has 0 aromatic heterocycles. The Labute approximate surface area is 128 Å². The molecule has 2 rings (SSSR count). The van der Waals surface area contributed by atoms with Crippen LogP contribution in [-0.2, 0) is 6.42 Å². The lowest BCUT2D eigenvalue weighted by Crippen LogP contribution is -2.55. The molecule has 3 N–H and O–H groups in total. The molecule has 1 aromatic carbocycles. The average Bonchev–Trinajstić information content (AvgIpc) is 2.48. The normalized spacial score (nSPS) is 23.9. The Bertz CT molecular complexity index is 412. The fourth-order valence-electron chi connectivity index (χ4n) is 3.13. The Balaban J connectivity index is 1.80. The van der Waals surface area contributed by atoms with Crippen molar-refractivity contribution in [3.63, 3.8) is 0 Å². The molecular weight excluding hydrogens is 262 g/mol. The van der Waals surface area contributed by atoms with Gasteiger partial charge < -0.3 is 10.8 Å². The highest BCUT2D eigenvalue weighted by Gasteiger charge is 2.25. The third kappa shape index (κ3) is 4.78. The lowest BCUT2D eigenvalue weighted by atomic mass is 10.0. The predicted octanol–water partition coefficient (Wildman–Crippen LogP) is 0.943. The minimum Gasteiger partial charge on any atom is -0.390 e. The third-order valence-corrected chi connectivity index (χ3v) is 4.51. The minimum absolute atomic E-state index is 0.202. The van der Waals surface area contributed by atoms with E-state index in [2.05, 4.69) is 35.8 Å². The number of aliphatic hydroxyl groups excluding tert-OH is 1. The summed E-state index contributed by atoms with van der Waals surface area (Å²) in [5.41, 5.74) is 7.36. The van der Waals surface area contributed by atoms with Crippen LogP contribution >= 0.6 is 0 Å². The monoisotopic (exact) mass is 291 g/mol. The van der Waals surface area contributed by atoms with Crippen LogP contribution in [0.15, 0.2) is 30.3 Å². The SMILES string of the molecule is CCN1CCN(CC(O)C(N)Cc2ccccc2)CC1C. The summed E-state index contributed by atoms with van der Waals surface area (Å²) in [4.78, 5) is 4.82. The number of rotatable bonds is 6. The van der Waals surface area contributed by atoms with Gasteiger partial charge in [-0.2, -0.15) is 0 Å². The van der Waals surface area contributed by atoms with E-state index in [0.29, 0.717) is 12.6 Å². The van der Waals surface area contributed by atoms with E-state index in [9.17, 15) is 5.11 Å². The second-order valence-corrected chi connectivity index (χ2v) is 6.16. The second kappa shape index (κ2) is 7.90. The van der Waals surface area contributed by atoms with Crippen molar-refractivity contribution in [1.82, 2.24) is 9.80 Å². The van der Waals surface area contributed by atoms with Crippen LogP contribution in [0.5, 0.6) is 0 Å². The molecule has 0 bridgehead atoms. The smallest absolute Gasteiger partial charge is 0.0820 e. The third-order valence-electron chi connectivity index (χ3n) is 4.51. The van der Waals surface area contributed by atoms with Gasteiger partial charge in [-0.25, -0.2) is 0 Å². The molecule has 1 heterocycles. The molecule has 0 radical (unpaired) electrons. The van der Waals surface area contributed by atoms with E-state index in [1.165, 1.54) is 5.56 Å². The molecule has 4 heteroatoms. The number of aliphatic hydroxyl groups is 1. The van der Waals surface area contributed by atoms with Crippen molar-refractivity contribution in [3.05, 3.63) is 35.9 Å². The number of hydrogen-bond donors (Lipinski definition) is 2. The zero-order valence-corrected chi connectivity index (χ0v) is 13.3. The van der Waals surface area contributed by atoms with Crippen LogP contribution in [0.2, 0.25) is 0 Å². The van der Waals surface area contributed by atoms with Crippen molar-refractivity contribution in [3.8, 4) is 0 Å². The van der Waals surface area contributed by atoms with E-state index in [4.69, 9.17) is 5.73 Å². The molecule has 0 spiro atoms. The summed E-state index contributed by atoms with van der Waals surface area (Å²) < 4.78 is 0. The second-order valence-electron chi connectivity index (χ2n) is 6.16. The molecule has 3 unspecified atom stereocenters. The standard InChI is InChI=1S/C17H29N3O/c1-3-20-10-9-19(12-14(20)2)13-17(21)16(18)11-15-7-5-4-6-8-15/h4-8,14,16-17,21H,3,9-13,18H2,1-2H3. The molecule has 0 amide bonds. The van der Waals surface area contributed by atoms with Gasteiger partial charge in [-0.1, -0.05) is 37.3 Å². The van der Waals surface area contributed by atoms with Gasteiger partial charge in [-0.05, 0) is 25.5 Å². The summed E-state index contributed by atoms with van der Waals surface area (Å²) in [5, 5.41) is 10.4. The number of nitrogens with two attached hydrogens (primary N) is 1. The van der Waals surface area contributed by atoms with E-state index in [1.54, 1.807) is 0 Å². The molecule has 0 saturated carbocycles. The summed E-state index contributed by atoms with van der Waals surface area (Å²) in [5.74, 6) is 0. The topological polar surface area (TPSA) is 52.7 Å². The van der Waals surface area contributed by atoms with Crippen molar-refractivity contribution in [1.29, 1.82) is 0 Å². The first kappa shape index (κ1) is 16.4. The van der Waals surface area contributed by atoms with Gasteiger partial charge in [-0.15, -0.1) is 0 Å². The Morgan fingerprint density at radius 1 is 1.29 bits per heavy atom. The zero-order chi connectivity index (χ0) is 15.2. The lowest BCUT2D eigenvalue weighted by Gasteiger charge is -2.40. The first-order chi connectivity index (χ1) is 10.1. The summed E-state index contributed by atoms with van der Waals surface area (Å²) in [6, 6.07) is 10.5. The van der Waals surface area contributed by atoms with Crippen molar-refractivity contribution in [2.75, 3.05) is 32.7 Å². The molecule has 118 valence electrons. The van der Waals surface area contributed by atoms with E-state index < -0.39 is 6.10 Å². The van der Waals surface area contributed by atoms with Gasteiger partial charge in [-0.3, -0.25) is 9.80 Å². The first-order valence-corrected chi connectivity index (χ1v) is 8.04. The lowest BCUT2D eigenvalue weighted by molar-refractivity contribution is 0.0392. The quantitative estimate of drug-likeness (QED) is 0.819. The zero-order valence-electron chi connectivity index (χ0n) is 13.3. The molecule has 1 aromatic rings. The fraction of sp³-hybridized carbons (Fsp3) is 0.647. The maximum Gasteiger partial charge on any atom is 0.0820 e. The van der Waals surface area contributed by atoms with Crippen molar-refractivity contribution < 1.29 is 5.11 Å². The van der Waals surface area contributed by atoms with Gasteiger partial charge in [0.2, 0.25) is 0 Å². The van der Waals surface area contributed by atoms with E-state index >= 15 is 0 Å². The summed E-state index contributed by atoms with van der Waals surface area (Å²) in [7, 11) is 0. The Hall–Kier alpha value is -0.940. The summed E-state index contributed by atoms with van der Waals surface area (Å²) in [6.45, 7) is 9.36. The number of β-amino-alcohol motifs (C(OH)–C–C–N with tert-alkyl or cyclic N) is 1. The highest BCUT2D eigenvalue weighted by atomic mass is 16.3. The van der Waals surface area contributed by atoms with Crippen molar-refractivity contribution in [2.45, 2.75) is 38.5 Å². The van der Waals surface area contributed by atoms with Crippen LogP contribution in [0.4, 0.5) is 0 Å². The predicted molar refractivity (Wildman–Crippen MR) is 87.3 cm³/mol. The molecule has 1 aliphatic heterocycles. The van der Waals surface area contributed by atoms with E-state index in [0.717, 1.165) is 32.6 Å². The number of nitrogens with zero attached hydrogens (tertiary/aromatic N) is 2. The van der Waals surface area contributed by atoms with Gasteiger partial charge in [0, 0.05) is 38.3 Å². The highest BCUT2D eigenvalue weighted by molar-refractivity contribution is 5.16. The Kier molecular flexibility index (Phi) is 6.18. The maximum atomic E-state index is 10.4. The highest BCUT2D eigenvalue weighted by Crippen LogP contribution is 2.11. The van der Waals surface area contributed by atoms with Crippen LogP contribution < -0.4 is 5.73 Å². The molecule has 1 fully saturated rings. The van der Waals surface area contributed by atoms with Gasteiger partial charge in [0.15, 0.2) is 0 Å². The molecule has 4 nitrogen and oxygen atoms in total. The maximum absolute atomic E-state index is 10.4. The number of likely N-dealkylation sites (N-methyl/N-ethyl adjacent to an activating group) is 1. The van der Waals surface area contributed by atoms with Crippen LogP contribution in [0.25, 0.3) is 0 Å². The molecule has 1 saturated heterocycles. The van der Waals surface area contributed by atoms with Crippen LogP contribution in [-0.4, -0.2) is 65.8 Å². The van der Waals surface area contributed by atoms with Gasteiger partial charge >= 0.3 is 0 Å². The Morgan fingerprint density at radius 3 is 2.62 bits per heavy atom. The van der Waals surface area contributed by atoms with Crippen LogP contribution in [0.1, 0.15) is 19.4 Å². The van der Waals surface area contributed by atoms with Gasteiger partial charge in [0.1, 0.15) is 0 Å². The fourth-order valence-corrected chi connectivity index (χ4v) is 3.13. The van der Waals surface area contributed by atoms with E-state index in [1.807, 2.05) is 18.2 Å². The van der Waals surface area contributed by atoms with Crippen molar-refractivity contribution >= 4 is 0 Å². The Morgan fingerprint density at radius 2 is 2.00 bits per heavy atom. The van der Waals surface area contributed by atoms with Gasteiger partial charge in [0.25, 0.3) is 0 Å². The molecule has 21 heavy (non-hydrogen) atoms. The first-order valence-electron chi connectivity index (χ1n) is 8.04. The van der Waals surface area contributed by atoms with Gasteiger partial charge in [0.05, 0.1) is 6.10 Å². The summed E-state index contributed by atoms with van der Waals surface area (Å²) in [6.07, 6.45) is 0.262. The number of benzene rings is 1. The van der Waals surface area contributed by atoms with E-state index in [-0.39, 0.29) is 6.04 Å². The number of piperazine rings is 1. The largest absolute Gasteiger partial charge is 0.390 e. The van der Waals surface area contributed by atoms with Crippen LogP contribution in [0, 0.1) is 0 Å². The van der Waals surface area contributed by atoms with Crippen LogP contribution in [0.3, 0.4) is 0 Å².